The molecule has 1 aromatic rings. The van der Waals surface area contributed by atoms with E-state index < -0.39 is 5.60 Å². The zero-order valence-corrected chi connectivity index (χ0v) is 10.2. The van der Waals surface area contributed by atoms with Crippen molar-refractivity contribution in [1.82, 2.24) is 14.8 Å². The molecule has 0 saturated carbocycles. The molecule has 3 rings (SSSR count). The summed E-state index contributed by atoms with van der Waals surface area (Å²) in [6.45, 7) is 1.65. The smallest absolute Gasteiger partial charge is 0.410 e. The van der Waals surface area contributed by atoms with Gasteiger partial charge in [-0.25, -0.2) is 4.79 Å². The first-order valence-corrected chi connectivity index (χ1v) is 5.96. The van der Waals surface area contributed by atoms with Crippen molar-refractivity contribution in [2.75, 3.05) is 26.7 Å². The molecule has 2 aliphatic heterocycles. The lowest BCUT2D eigenvalue weighted by Gasteiger charge is -2.21. The van der Waals surface area contributed by atoms with E-state index in [2.05, 4.69) is 4.98 Å². The fourth-order valence-corrected chi connectivity index (χ4v) is 2.66. The number of carbonyl (C=O) groups excluding carboxylic acids is 2. The summed E-state index contributed by atoms with van der Waals surface area (Å²) >= 11 is 0. The summed E-state index contributed by atoms with van der Waals surface area (Å²) in [4.78, 5) is 29.8. The molecule has 2 aliphatic rings. The first-order chi connectivity index (χ1) is 8.60. The van der Waals surface area contributed by atoms with Gasteiger partial charge in [-0.3, -0.25) is 4.79 Å². The van der Waals surface area contributed by atoms with Crippen molar-refractivity contribution >= 4 is 12.0 Å². The molecule has 3 heterocycles. The zero-order chi connectivity index (χ0) is 12.8. The number of hydrogen-bond donors (Lipinski definition) is 1. The number of carbonyl (C=O) groups is 2. The Balaban J connectivity index is 1.73. The van der Waals surface area contributed by atoms with E-state index in [1.807, 2.05) is 0 Å². The topological polar surface area (TPSA) is 65.6 Å². The summed E-state index contributed by atoms with van der Waals surface area (Å²) in [5.41, 5.74) is 0.0680. The van der Waals surface area contributed by atoms with Crippen LogP contribution in [0.4, 0.5) is 4.79 Å². The lowest BCUT2D eigenvalue weighted by Crippen LogP contribution is -2.39. The van der Waals surface area contributed by atoms with Crippen molar-refractivity contribution < 1.29 is 14.3 Å². The number of aromatic nitrogens is 1. The first-order valence-electron chi connectivity index (χ1n) is 5.96. The van der Waals surface area contributed by atoms with Crippen molar-refractivity contribution in [3.8, 4) is 0 Å². The number of aromatic amines is 1. The van der Waals surface area contributed by atoms with Gasteiger partial charge in [0.05, 0.1) is 13.1 Å². The minimum atomic E-state index is -0.506. The first kappa shape index (κ1) is 11.1. The minimum Gasteiger partial charge on any atom is -0.439 e. The van der Waals surface area contributed by atoms with Crippen molar-refractivity contribution in [3.63, 3.8) is 0 Å². The molecule has 2 saturated heterocycles. The van der Waals surface area contributed by atoms with Crippen LogP contribution in [0.5, 0.6) is 0 Å². The Kier molecular flexibility index (Phi) is 2.33. The highest BCUT2D eigenvalue weighted by Gasteiger charge is 2.49. The quantitative estimate of drug-likeness (QED) is 0.796. The van der Waals surface area contributed by atoms with E-state index in [1.165, 1.54) is 0 Å². The predicted molar refractivity (Wildman–Crippen MR) is 63.2 cm³/mol. The van der Waals surface area contributed by atoms with Crippen LogP contribution in [-0.4, -0.2) is 59.1 Å². The van der Waals surface area contributed by atoms with Crippen LogP contribution in [0, 0.1) is 0 Å². The lowest BCUT2D eigenvalue weighted by atomic mass is 10.0. The van der Waals surface area contributed by atoms with Crippen LogP contribution >= 0.6 is 0 Å². The number of ether oxygens (including phenoxy) is 1. The van der Waals surface area contributed by atoms with E-state index in [-0.39, 0.29) is 12.0 Å². The number of nitrogens with one attached hydrogen (secondary N) is 1. The maximum absolute atomic E-state index is 12.2. The lowest BCUT2D eigenvalue weighted by molar-refractivity contribution is 0.0551. The van der Waals surface area contributed by atoms with Gasteiger partial charge in [0.2, 0.25) is 0 Å². The molecule has 1 unspecified atom stereocenters. The molecule has 18 heavy (non-hydrogen) atoms. The van der Waals surface area contributed by atoms with Crippen LogP contribution in [0.25, 0.3) is 0 Å². The summed E-state index contributed by atoms with van der Waals surface area (Å²) in [5.74, 6) is -0.0394. The molecular formula is C12H15N3O3. The second-order valence-corrected chi connectivity index (χ2v) is 4.97. The molecule has 1 spiro atoms. The van der Waals surface area contributed by atoms with Crippen LogP contribution in [-0.2, 0) is 4.74 Å². The third-order valence-electron chi connectivity index (χ3n) is 3.57. The van der Waals surface area contributed by atoms with Gasteiger partial charge in [-0.15, -0.1) is 0 Å². The number of rotatable bonds is 1. The van der Waals surface area contributed by atoms with Crippen LogP contribution in [0.2, 0.25) is 0 Å². The Hall–Kier alpha value is -1.98. The average molecular weight is 249 g/mol. The van der Waals surface area contributed by atoms with Gasteiger partial charge in [0.25, 0.3) is 5.91 Å². The molecule has 0 aromatic carbocycles. The summed E-state index contributed by atoms with van der Waals surface area (Å²) in [6.07, 6.45) is 2.13. The van der Waals surface area contributed by atoms with Gasteiger partial charge in [0, 0.05) is 26.2 Å². The fourth-order valence-electron chi connectivity index (χ4n) is 2.66. The molecule has 2 amide bonds. The average Bonchev–Trinajstić information content (AvgIpc) is 3.01. The molecule has 0 bridgehead atoms. The third kappa shape index (κ3) is 1.64. The Bertz CT molecular complexity index is 485. The second-order valence-electron chi connectivity index (χ2n) is 4.97. The van der Waals surface area contributed by atoms with Gasteiger partial charge in [-0.1, -0.05) is 0 Å². The monoisotopic (exact) mass is 249 g/mol. The summed E-state index contributed by atoms with van der Waals surface area (Å²) in [5, 5.41) is 0. The maximum atomic E-state index is 12.2. The highest BCUT2D eigenvalue weighted by atomic mass is 16.6. The minimum absolute atomic E-state index is 0.0394. The summed E-state index contributed by atoms with van der Waals surface area (Å²) < 4.78 is 5.40. The second kappa shape index (κ2) is 3.76. The van der Waals surface area contributed by atoms with Gasteiger partial charge < -0.3 is 19.5 Å². The molecule has 0 aliphatic carbocycles. The van der Waals surface area contributed by atoms with Gasteiger partial charge >= 0.3 is 6.09 Å². The predicted octanol–water partition coefficient (Wildman–Crippen LogP) is 0.681. The van der Waals surface area contributed by atoms with Crippen LogP contribution < -0.4 is 0 Å². The van der Waals surface area contributed by atoms with Crippen molar-refractivity contribution in [2.24, 2.45) is 0 Å². The number of likely N-dealkylation sites (tertiary alicyclic amines) is 1. The van der Waals surface area contributed by atoms with E-state index in [9.17, 15) is 9.59 Å². The molecule has 1 atom stereocenters. The SMILES string of the molecule is CN1CC2(CCN(C(=O)c3ccc[nH]3)C2)OC1=O. The Morgan fingerprint density at radius 3 is 2.94 bits per heavy atom. The Morgan fingerprint density at radius 2 is 2.33 bits per heavy atom. The summed E-state index contributed by atoms with van der Waals surface area (Å²) in [7, 11) is 1.71. The van der Waals surface area contributed by atoms with Gasteiger partial charge in [0.1, 0.15) is 5.69 Å². The van der Waals surface area contributed by atoms with Gasteiger partial charge in [-0.05, 0) is 12.1 Å². The largest absolute Gasteiger partial charge is 0.439 e. The van der Waals surface area contributed by atoms with Crippen molar-refractivity contribution in [2.45, 2.75) is 12.0 Å². The normalized spacial score (nSPS) is 27.1. The zero-order valence-electron chi connectivity index (χ0n) is 10.2. The molecule has 1 aromatic heterocycles. The van der Waals surface area contributed by atoms with Crippen molar-refractivity contribution in [3.05, 3.63) is 24.0 Å². The number of H-pyrrole nitrogens is 1. The van der Waals surface area contributed by atoms with Gasteiger partial charge in [-0.2, -0.15) is 0 Å². The number of nitrogens with zero attached hydrogens (tertiary/aromatic N) is 2. The third-order valence-corrected chi connectivity index (χ3v) is 3.57. The van der Waals surface area contributed by atoms with E-state index in [0.717, 1.165) is 0 Å². The van der Waals surface area contributed by atoms with Gasteiger partial charge in [0.15, 0.2) is 5.60 Å². The van der Waals surface area contributed by atoms with Crippen LogP contribution in [0.1, 0.15) is 16.9 Å². The molecule has 96 valence electrons. The van der Waals surface area contributed by atoms with E-state index in [0.29, 0.717) is 31.7 Å². The molecule has 6 nitrogen and oxygen atoms in total. The van der Waals surface area contributed by atoms with E-state index >= 15 is 0 Å². The number of likely N-dealkylation sites (N-methyl/N-ethyl adjacent to an activating group) is 1. The highest BCUT2D eigenvalue weighted by molar-refractivity contribution is 5.92. The summed E-state index contributed by atoms with van der Waals surface area (Å²) in [6, 6.07) is 3.54. The number of hydrogen-bond acceptors (Lipinski definition) is 3. The van der Waals surface area contributed by atoms with Crippen LogP contribution in [0.3, 0.4) is 0 Å². The molecule has 6 heteroatoms. The Labute approximate surface area is 105 Å². The molecule has 0 radical (unpaired) electrons. The van der Waals surface area contributed by atoms with E-state index in [1.54, 1.807) is 35.2 Å². The number of amides is 2. The maximum Gasteiger partial charge on any atom is 0.410 e. The fraction of sp³-hybridized carbons (Fsp3) is 0.500. The highest BCUT2D eigenvalue weighted by Crippen LogP contribution is 2.32. The standard InChI is InChI=1S/C12H15N3O3/c1-14-7-12(18-11(14)17)4-6-15(8-12)10(16)9-3-2-5-13-9/h2-3,5,13H,4,6-8H2,1H3. The molecular weight excluding hydrogens is 234 g/mol. The molecule has 1 N–H and O–H groups in total. The van der Waals surface area contributed by atoms with Crippen LogP contribution in [0.15, 0.2) is 18.3 Å². The molecule has 2 fully saturated rings. The van der Waals surface area contributed by atoms with Crippen molar-refractivity contribution in [1.29, 1.82) is 0 Å². The Morgan fingerprint density at radius 1 is 1.50 bits per heavy atom. The van der Waals surface area contributed by atoms with E-state index in [4.69, 9.17) is 4.74 Å².